The smallest absolute Gasteiger partial charge is 0.102 e. The fourth-order valence-electron chi connectivity index (χ4n) is 8.94. The molecule has 6 atom stereocenters. The van der Waals surface area contributed by atoms with E-state index in [2.05, 4.69) is 60.3 Å². The summed E-state index contributed by atoms with van der Waals surface area (Å²) in [6.45, 7) is 2.80. The number of fused-ring (bicyclic) bond motifs is 2. The van der Waals surface area contributed by atoms with Gasteiger partial charge < -0.3 is 9.64 Å². The molecule has 3 nitrogen and oxygen atoms in total. The monoisotopic (exact) mass is 472 g/mol. The average Bonchev–Trinajstić information content (AvgIpc) is 3.38. The molecule has 3 fully saturated rings. The van der Waals surface area contributed by atoms with Crippen LogP contribution in [0.5, 0.6) is 0 Å². The zero-order valence-corrected chi connectivity index (χ0v) is 21.1. The molecule has 3 aliphatic carbocycles. The number of alkyl halides is 1. The second-order valence-corrected chi connectivity index (χ2v) is 12.3. The van der Waals surface area contributed by atoms with Crippen molar-refractivity contribution >= 4 is 10.8 Å². The maximum atomic E-state index is 13.1. The summed E-state index contributed by atoms with van der Waals surface area (Å²) in [6, 6.07) is 9.55. The van der Waals surface area contributed by atoms with Gasteiger partial charge in [-0.15, -0.1) is 0 Å². The molecule has 184 valence electrons. The van der Waals surface area contributed by atoms with Crippen molar-refractivity contribution in [3.05, 3.63) is 65.5 Å². The van der Waals surface area contributed by atoms with E-state index in [-0.39, 0.29) is 23.3 Å². The third kappa shape index (κ3) is 3.05. The summed E-state index contributed by atoms with van der Waals surface area (Å²) in [6.07, 6.45) is 18.0. The van der Waals surface area contributed by atoms with Gasteiger partial charge in [0.2, 0.25) is 0 Å². The normalized spacial score (nSPS) is 39.7. The Morgan fingerprint density at radius 1 is 1.14 bits per heavy atom. The molecule has 4 heteroatoms. The van der Waals surface area contributed by atoms with Gasteiger partial charge in [0, 0.05) is 30.4 Å². The Kier molecular flexibility index (Phi) is 4.90. The van der Waals surface area contributed by atoms with Gasteiger partial charge in [-0.2, -0.15) is 0 Å². The van der Waals surface area contributed by atoms with Crippen LogP contribution in [0.1, 0.15) is 69.8 Å². The number of aromatic nitrogens is 1. The van der Waals surface area contributed by atoms with Gasteiger partial charge in [-0.05, 0) is 110 Å². The molecule has 7 rings (SSSR count). The van der Waals surface area contributed by atoms with Gasteiger partial charge in [-0.25, -0.2) is 4.39 Å². The standard InChI is InChI=1S/C31H37FN2O/c1-29-11-9-25-18-24-5-6-26(34(2)16-14-32)19-30(24)12-13-31(25,35-30)28(29)8-7-27(29)22-4-3-21-10-15-33-20-23(21)17-22/h3-4,9-10,15,17-18,20,26-28H,5-8,11-14,16,19H2,1-2H3/t26-,27?,28+,29+,30+,31+/m0/s1. The lowest BCUT2D eigenvalue weighted by Crippen LogP contribution is -2.55. The topological polar surface area (TPSA) is 25.4 Å². The van der Waals surface area contributed by atoms with Crippen LogP contribution in [0.15, 0.2) is 60.0 Å². The molecular formula is C31H37FN2O. The molecule has 35 heavy (non-hydrogen) atoms. The lowest BCUT2D eigenvalue weighted by Gasteiger charge is -2.55. The first-order valence-corrected chi connectivity index (χ1v) is 13.7. The number of hydrogen-bond donors (Lipinski definition) is 0. The zero-order chi connectivity index (χ0) is 23.8. The molecule has 0 radical (unpaired) electrons. The third-order valence-electron chi connectivity index (χ3n) is 10.8. The summed E-state index contributed by atoms with van der Waals surface area (Å²) in [4.78, 5) is 6.60. The minimum absolute atomic E-state index is 0.129. The maximum Gasteiger partial charge on any atom is 0.102 e. The van der Waals surface area contributed by atoms with Gasteiger partial charge in [0.15, 0.2) is 0 Å². The van der Waals surface area contributed by atoms with Crippen LogP contribution in [-0.2, 0) is 4.74 Å². The molecule has 2 bridgehead atoms. The predicted octanol–water partition coefficient (Wildman–Crippen LogP) is 6.75. The Balaban J connectivity index is 1.24. The van der Waals surface area contributed by atoms with Crippen molar-refractivity contribution in [1.29, 1.82) is 0 Å². The Morgan fingerprint density at radius 3 is 2.94 bits per heavy atom. The van der Waals surface area contributed by atoms with Crippen LogP contribution in [0.3, 0.4) is 0 Å². The average molecular weight is 473 g/mol. The van der Waals surface area contributed by atoms with E-state index in [1.807, 2.05) is 12.4 Å². The third-order valence-corrected chi connectivity index (χ3v) is 10.8. The van der Waals surface area contributed by atoms with Crippen LogP contribution >= 0.6 is 0 Å². The highest BCUT2D eigenvalue weighted by molar-refractivity contribution is 5.82. The van der Waals surface area contributed by atoms with Crippen LogP contribution in [0.2, 0.25) is 0 Å². The minimum atomic E-state index is -0.271. The van der Waals surface area contributed by atoms with Crippen molar-refractivity contribution in [2.24, 2.45) is 11.3 Å². The maximum absolute atomic E-state index is 13.1. The van der Waals surface area contributed by atoms with E-state index in [4.69, 9.17) is 4.74 Å². The molecule has 2 aliphatic heterocycles. The van der Waals surface area contributed by atoms with E-state index < -0.39 is 0 Å². The van der Waals surface area contributed by atoms with E-state index in [1.54, 1.807) is 0 Å². The number of benzene rings is 1. The van der Waals surface area contributed by atoms with Gasteiger partial charge in [-0.1, -0.05) is 31.2 Å². The molecule has 1 unspecified atom stereocenters. The largest absolute Gasteiger partial charge is 0.359 e. The quantitative estimate of drug-likeness (QED) is 0.492. The Bertz CT molecular complexity index is 1240. The Hall–Kier alpha value is -2.04. The van der Waals surface area contributed by atoms with E-state index in [9.17, 15) is 4.39 Å². The van der Waals surface area contributed by atoms with Gasteiger partial charge in [0.25, 0.3) is 0 Å². The van der Waals surface area contributed by atoms with Crippen molar-refractivity contribution < 1.29 is 9.13 Å². The van der Waals surface area contributed by atoms with E-state index in [0.717, 1.165) is 38.5 Å². The Labute approximate surface area is 208 Å². The predicted molar refractivity (Wildman–Crippen MR) is 138 cm³/mol. The fraction of sp³-hybridized carbons (Fsp3) is 0.581. The molecule has 1 aromatic heterocycles. The van der Waals surface area contributed by atoms with Crippen molar-refractivity contribution in [2.75, 3.05) is 20.3 Å². The minimum Gasteiger partial charge on any atom is -0.359 e. The van der Waals surface area contributed by atoms with Crippen molar-refractivity contribution in [3.63, 3.8) is 0 Å². The van der Waals surface area contributed by atoms with Crippen LogP contribution in [0, 0.1) is 11.3 Å². The molecule has 0 amide bonds. The van der Waals surface area contributed by atoms with Gasteiger partial charge in [-0.3, -0.25) is 4.98 Å². The molecule has 1 aromatic carbocycles. The molecule has 2 spiro atoms. The van der Waals surface area contributed by atoms with Crippen LogP contribution in [-0.4, -0.2) is 47.4 Å². The highest BCUT2D eigenvalue weighted by Gasteiger charge is 2.66. The molecule has 2 aromatic rings. The van der Waals surface area contributed by atoms with Gasteiger partial charge in [0.1, 0.15) is 6.67 Å². The Morgan fingerprint density at radius 2 is 2.06 bits per heavy atom. The summed E-state index contributed by atoms with van der Waals surface area (Å²) >= 11 is 0. The number of pyridine rings is 1. The molecule has 5 aliphatic rings. The fourth-order valence-corrected chi connectivity index (χ4v) is 8.94. The van der Waals surface area contributed by atoms with Gasteiger partial charge in [0.05, 0.1) is 11.2 Å². The molecule has 0 N–H and O–H groups in total. The number of allylic oxidation sites excluding steroid dienone is 1. The first-order chi connectivity index (χ1) is 17.0. The highest BCUT2D eigenvalue weighted by atomic mass is 19.1. The lowest BCUT2D eigenvalue weighted by molar-refractivity contribution is -0.140. The summed E-state index contributed by atoms with van der Waals surface area (Å²) in [5.41, 5.74) is 4.40. The van der Waals surface area contributed by atoms with Crippen LogP contribution < -0.4 is 0 Å². The number of nitrogens with zero attached hydrogens (tertiary/aromatic N) is 2. The second kappa shape index (κ2) is 7.73. The van der Waals surface area contributed by atoms with Crippen molar-refractivity contribution in [3.8, 4) is 0 Å². The molecule has 1 saturated heterocycles. The molecule has 3 heterocycles. The summed E-state index contributed by atoms with van der Waals surface area (Å²) in [5.74, 6) is 1.09. The SMILES string of the molecule is CN(CCF)[C@H]1CCC2=CC3=CC[C@]4(C)C(c5ccc6ccncc6c5)CC[C@H]4[C@@]34CC[C@]2(C1)O4. The van der Waals surface area contributed by atoms with Crippen molar-refractivity contribution in [2.45, 2.75) is 81.5 Å². The van der Waals surface area contributed by atoms with E-state index in [1.165, 1.54) is 40.3 Å². The van der Waals surface area contributed by atoms with E-state index in [0.29, 0.717) is 24.4 Å². The number of hydrogen-bond acceptors (Lipinski definition) is 3. The van der Waals surface area contributed by atoms with Crippen molar-refractivity contribution in [1.82, 2.24) is 9.88 Å². The van der Waals surface area contributed by atoms with Crippen LogP contribution in [0.4, 0.5) is 4.39 Å². The molecular weight excluding hydrogens is 435 g/mol. The second-order valence-electron chi connectivity index (χ2n) is 12.3. The number of halogens is 1. The van der Waals surface area contributed by atoms with Gasteiger partial charge >= 0.3 is 0 Å². The summed E-state index contributed by atoms with van der Waals surface area (Å²) in [5, 5.41) is 2.51. The van der Waals surface area contributed by atoms with Crippen LogP contribution in [0.25, 0.3) is 10.8 Å². The zero-order valence-electron chi connectivity index (χ0n) is 21.1. The van der Waals surface area contributed by atoms with E-state index >= 15 is 0 Å². The summed E-state index contributed by atoms with van der Waals surface area (Å²) < 4.78 is 20.5. The first-order valence-electron chi connectivity index (χ1n) is 13.7. The molecule has 2 saturated carbocycles. The number of rotatable bonds is 4. The first kappa shape index (κ1) is 22.2. The highest BCUT2D eigenvalue weighted by Crippen LogP contribution is 2.69. The number of ether oxygens (including phenoxy) is 1. The lowest BCUT2D eigenvalue weighted by atomic mass is 9.58. The summed E-state index contributed by atoms with van der Waals surface area (Å²) in [7, 11) is 2.09.